The Hall–Kier alpha value is -2.87. The van der Waals surface area contributed by atoms with Gasteiger partial charge in [0, 0.05) is 5.69 Å². The number of hydrogen-bond donors (Lipinski definition) is 1. The first-order valence-corrected chi connectivity index (χ1v) is 5.87. The number of hydrogen-bond acceptors (Lipinski definition) is 4. The molecule has 0 fully saturated rings. The van der Waals surface area contributed by atoms with E-state index < -0.39 is 5.97 Å². The lowest BCUT2D eigenvalue weighted by Crippen LogP contribution is -2.04. The molecule has 5 heteroatoms. The van der Waals surface area contributed by atoms with Crippen molar-refractivity contribution < 1.29 is 14.6 Å². The van der Waals surface area contributed by atoms with Crippen LogP contribution in [0.4, 0.5) is 0 Å². The highest BCUT2D eigenvalue weighted by Crippen LogP contribution is 2.34. The van der Waals surface area contributed by atoms with Crippen LogP contribution in [0.15, 0.2) is 30.3 Å². The number of nitriles is 1. The maximum Gasteiger partial charge on any atom is 0.337 e. The van der Waals surface area contributed by atoms with Gasteiger partial charge in [0.1, 0.15) is 5.75 Å². The molecule has 0 radical (unpaired) electrons. The van der Waals surface area contributed by atoms with Crippen LogP contribution in [0.3, 0.4) is 0 Å². The molecular formula is C15H12N2O3. The Morgan fingerprint density at radius 3 is 2.70 bits per heavy atom. The molecule has 0 saturated carbocycles. The molecule has 100 valence electrons. The summed E-state index contributed by atoms with van der Waals surface area (Å²) in [6.07, 6.45) is 0. The molecule has 0 aliphatic rings. The summed E-state index contributed by atoms with van der Waals surface area (Å²) in [6.45, 7) is 1.76. The lowest BCUT2D eigenvalue weighted by atomic mass is 9.99. The predicted molar refractivity (Wildman–Crippen MR) is 72.6 cm³/mol. The average molecular weight is 268 g/mol. The number of pyridine rings is 1. The van der Waals surface area contributed by atoms with Crippen molar-refractivity contribution >= 4 is 5.97 Å². The minimum atomic E-state index is -1.10. The largest absolute Gasteiger partial charge is 0.496 e. The van der Waals surface area contributed by atoms with Crippen molar-refractivity contribution in [3.63, 3.8) is 0 Å². The van der Waals surface area contributed by atoms with Gasteiger partial charge in [0.15, 0.2) is 0 Å². The zero-order chi connectivity index (χ0) is 14.7. The number of benzene rings is 1. The smallest absolute Gasteiger partial charge is 0.337 e. The van der Waals surface area contributed by atoms with Crippen LogP contribution in [0.2, 0.25) is 0 Å². The van der Waals surface area contributed by atoms with E-state index in [-0.39, 0.29) is 11.3 Å². The monoisotopic (exact) mass is 268 g/mol. The summed E-state index contributed by atoms with van der Waals surface area (Å²) in [7, 11) is 1.47. The number of rotatable bonds is 3. The summed E-state index contributed by atoms with van der Waals surface area (Å²) in [5.74, 6) is -0.674. The van der Waals surface area contributed by atoms with Gasteiger partial charge in [-0.2, -0.15) is 5.26 Å². The number of carbonyl (C=O) groups is 1. The highest BCUT2D eigenvalue weighted by atomic mass is 16.5. The first-order valence-electron chi connectivity index (χ1n) is 5.87. The summed E-state index contributed by atoms with van der Waals surface area (Å²) in [6, 6.07) is 10.1. The zero-order valence-corrected chi connectivity index (χ0v) is 11.0. The Morgan fingerprint density at radius 2 is 2.10 bits per heavy atom. The third-order valence-corrected chi connectivity index (χ3v) is 2.87. The number of carboxylic acid groups (broad SMARTS) is 1. The van der Waals surface area contributed by atoms with E-state index in [0.717, 1.165) is 0 Å². The maximum absolute atomic E-state index is 11.3. The van der Waals surface area contributed by atoms with E-state index in [4.69, 9.17) is 4.74 Å². The quantitative estimate of drug-likeness (QED) is 0.925. The molecule has 1 aromatic carbocycles. The minimum Gasteiger partial charge on any atom is -0.496 e. The van der Waals surface area contributed by atoms with Crippen molar-refractivity contribution in [2.45, 2.75) is 6.92 Å². The Balaban J connectivity index is 2.84. The third kappa shape index (κ3) is 2.31. The van der Waals surface area contributed by atoms with Gasteiger partial charge in [-0.05, 0) is 31.2 Å². The molecule has 0 amide bonds. The molecule has 20 heavy (non-hydrogen) atoms. The second kappa shape index (κ2) is 5.41. The van der Waals surface area contributed by atoms with Crippen LogP contribution in [-0.4, -0.2) is 23.2 Å². The zero-order valence-electron chi connectivity index (χ0n) is 11.0. The highest BCUT2D eigenvalue weighted by molar-refractivity contribution is 5.96. The number of methoxy groups -OCH3 is 1. The molecule has 2 aromatic rings. The van der Waals surface area contributed by atoms with Crippen molar-refractivity contribution in [3.05, 3.63) is 47.2 Å². The minimum absolute atomic E-state index is 0.0385. The number of aryl methyl sites for hydroxylation is 1. The van der Waals surface area contributed by atoms with E-state index in [1.165, 1.54) is 13.2 Å². The van der Waals surface area contributed by atoms with Crippen molar-refractivity contribution in [2.75, 3.05) is 7.11 Å². The van der Waals surface area contributed by atoms with Gasteiger partial charge >= 0.3 is 5.97 Å². The number of aromatic carboxylic acids is 1. The SMILES string of the molecule is COc1cccc(C#N)c1-c1nc(C)ccc1C(=O)O. The molecule has 1 aromatic heterocycles. The van der Waals surface area contributed by atoms with Gasteiger partial charge in [0.25, 0.3) is 0 Å². The fourth-order valence-electron chi connectivity index (χ4n) is 1.96. The maximum atomic E-state index is 11.3. The Bertz CT molecular complexity index is 718. The Morgan fingerprint density at radius 1 is 1.35 bits per heavy atom. The molecule has 1 heterocycles. The van der Waals surface area contributed by atoms with Crippen LogP contribution in [-0.2, 0) is 0 Å². The van der Waals surface area contributed by atoms with Crippen LogP contribution in [0, 0.1) is 18.3 Å². The lowest BCUT2D eigenvalue weighted by Gasteiger charge is -2.12. The fourth-order valence-corrected chi connectivity index (χ4v) is 1.96. The summed E-state index contributed by atoms with van der Waals surface area (Å²) in [5.41, 5.74) is 1.67. The van der Waals surface area contributed by atoms with Gasteiger partial charge in [-0.25, -0.2) is 4.79 Å². The molecule has 0 unspecified atom stereocenters. The molecule has 2 rings (SSSR count). The number of carboxylic acids is 1. The summed E-state index contributed by atoms with van der Waals surface area (Å²) in [4.78, 5) is 15.6. The van der Waals surface area contributed by atoms with Crippen LogP contribution >= 0.6 is 0 Å². The van der Waals surface area contributed by atoms with Crippen molar-refractivity contribution in [2.24, 2.45) is 0 Å². The van der Waals surface area contributed by atoms with Crippen LogP contribution < -0.4 is 4.74 Å². The van der Waals surface area contributed by atoms with E-state index in [9.17, 15) is 15.2 Å². The van der Waals surface area contributed by atoms with Gasteiger partial charge in [-0.1, -0.05) is 6.07 Å². The normalized spacial score (nSPS) is 9.85. The second-order valence-corrected chi connectivity index (χ2v) is 4.15. The molecule has 0 saturated heterocycles. The predicted octanol–water partition coefficient (Wildman–Crippen LogP) is 2.64. The standard InChI is InChI=1S/C15H12N2O3/c1-9-6-7-11(15(18)19)14(17-9)13-10(8-16)4-3-5-12(13)20-2/h3-7H,1-2H3,(H,18,19). The average Bonchev–Trinajstić information content (AvgIpc) is 2.45. The molecule has 0 aliphatic carbocycles. The van der Waals surface area contributed by atoms with Gasteiger partial charge in [0.2, 0.25) is 0 Å². The molecule has 0 bridgehead atoms. The van der Waals surface area contributed by atoms with E-state index in [1.54, 1.807) is 31.2 Å². The summed E-state index contributed by atoms with van der Waals surface area (Å²) in [5, 5.41) is 18.5. The lowest BCUT2D eigenvalue weighted by molar-refractivity contribution is 0.0697. The van der Waals surface area contributed by atoms with Crippen LogP contribution in [0.25, 0.3) is 11.3 Å². The second-order valence-electron chi connectivity index (χ2n) is 4.15. The van der Waals surface area contributed by atoms with Gasteiger partial charge in [-0.3, -0.25) is 4.98 Å². The summed E-state index contributed by atoms with van der Waals surface area (Å²) < 4.78 is 5.23. The first-order chi connectivity index (χ1) is 9.58. The molecule has 1 N–H and O–H groups in total. The van der Waals surface area contributed by atoms with E-state index in [0.29, 0.717) is 22.6 Å². The number of ether oxygens (including phenoxy) is 1. The van der Waals surface area contributed by atoms with E-state index >= 15 is 0 Å². The number of nitrogens with zero attached hydrogens (tertiary/aromatic N) is 2. The van der Waals surface area contributed by atoms with Gasteiger partial charge in [0.05, 0.1) is 35.6 Å². The molecule has 5 nitrogen and oxygen atoms in total. The third-order valence-electron chi connectivity index (χ3n) is 2.87. The van der Waals surface area contributed by atoms with Crippen molar-refractivity contribution in [3.8, 4) is 23.1 Å². The van der Waals surface area contributed by atoms with Crippen LogP contribution in [0.1, 0.15) is 21.6 Å². The summed E-state index contributed by atoms with van der Waals surface area (Å²) >= 11 is 0. The van der Waals surface area contributed by atoms with E-state index in [1.807, 2.05) is 6.07 Å². The number of aromatic nitrogens is 1. The topological polar surface area (TPSA) is 83.2 Å². The Kier molecular flexibility index (Phi) is 3.67. The molecule has 0 spiro atoms. The van der Waals surface area contributed by atoms with Crippen LogP contribution in [0.5, 0.6) is 5.75 Å². The van der Waals surface area contributed by atoms with E-state index in [2.05, 4.69) is 4.98 Å². The molecule has 0 atom stereocenters. The first kappa shape index (κ1) is 13.6. The highest BCUT2D eigenvalue weighted by Gasteiger charge is 2.20. The Labute approximate surface area is 116 Å². The molecular weight excluding hydrogens is 256 g/mol. The molecule has 0 aliphatic heterocycles. The fraction of sp³-hybridized carbons (Fsp3) is 0.133. The van der Waals surface area contributed by atoms with Crippen molar-refractivity contribution in [1.82, 2.24) is 4.98 Å². The van der Waals surface area contributed by atoms with Gasteiger partial charge in [-0.15, -0.1) is 0 Å². The van der Waals surface area contributed by atoms with Crippen molar-refractivity contribution in [1.29, 1.82) is 5.26 Å². The van der Waals surface area contributed by atoms with Gasteiger partial charge < -0.3 is 9.84 Å².